The Bertz CT molecular complexity index is 579. The van der Waals surface area contributed by atoms with Gasteiger partial charge in [-0.25, -0.2) is 0 Å². The first-order chi connectivity index (χ1) is 8.58. The molecule has 0 saturated heterocycles. The van der Waals surface area contributed by atoms with Crippen LogP contribution >= 0.6 is 0 Å². The van der Waals surface area contributed by atoms with Gasteiger partial charge in [-0.05, 0) is 18.2 Å². The maximum atomic E-state index is 10.9. The molecule has 0 aliphatic carbocycles. The number of nitrogens with one attached hydrogen (secondary N) is 1. The zero-order chi connectivity index (χ0) is 13.1. The molecule has 2 rings (SSSR count). The zero-order valence-corrected chi connectivity index (χ0v) is 9.83. The maximum absolute atomic E-state index is 10.9. The van der Waals surface area contributed by atoms with Crippen molar-refractivity contribution in [1.82, 2.24) is 9.78 Å². The minimum absolute atomic E-state index is 0.103. The van der Waals surface area contributed by atoms with Gasteiger partial charge in [-0.3, -0.25) is 14.8 Å². The predicted molar refractivity (Wildman–Crippen MR) is 68.0 cm³/mol. The van der Waals surface area contributed by atoms with E-state index in [1.165, 1.54) is 6.07 Å². The van der Waals surface area contributed by atoms with E-state index in [0.717, 1.165) is 5.69 Å². The Morgan fingerprint density at radius 3 is 2.89 bits per heavy atom. The Hall–Kier alpha value is -2.57. The molecule has 7 heteroatoms. The summed E-state index contributed by atoms with van der Waals surface area (Å²) in [5.41, 5.74) is 6.83. The van der Waals surface area contributed by atoms with Crippen molar-refractivity contribution in [3.63, 3.8) is 0 Å². The summed E-state index contributed by atoms with van der Waals surface area (Å²) in [5.74, 6) is 0. The van der Waals surface area contributed by atoms with Crippen molar-refractivity contribution < 1.29 is 4.92 Å². The van der Waals surface area contributed by atoms with Crippen molar-refractivity contribution in [3.8, 4) is 0 Å². The summed E-state index contributed by atoms with van der Waals surface area (Å²) >= 11 is 0. The average molecular weight is 247 g/mol. The molecule has 0 amide bonds. The molecule has 0 spiro atoms. The van der Waals surface area contributed by atoms with Crippen LogP contribution in [-0.2, 0) is 13.6 Å². The number of hydrogen-bond donors (Lipinski definition) is 2. The maximum Gasteiger partial charge on any atom is 0.314 e. The van der Waals surface area contributed by atoms with Crippen molar-refractivity contribution >= 4 is 17.1 Å². The number of rotatable bonds is 4. The van der Waals surface area contributed by atoms with Crippen LogP contribution in [0.15, 0.2) is 30.5 Å². The Labute approximate surface area is 103 Å². The Kier molecular flexibility index (Phi) is 3.13. The normalized spacial score (nSPS) is 10.3. The Morgan fingerprint density at radius 1 is 1.50 bits per heavy atom. The molecule has 0 radical (unpaired) electrons. The fourth-order valence-corrected chi connectivity index (χ4v) is 1.65. The molecule has 94 valence electrons. The first kappa shape index (κ1) is 11.9. The number of nitro groups is 1. The molecule has 0 unspecified atom stereocenters. The molecule has 0 atom stereocenters. The third-order valence-electron chi connectivity index (χ3n) is 2.48. The minimum atomic E-state index is -0.490. The summed E-state index contributed by atoms with van der Waals surface area (Å²) in [5, 5.41) is 18.1. The highest BCUT2D eigenvalue weighted by Gasteiger charge is 2.17. The van der Waals surface area contributed by atoms with Crippen LogP contribution in [-0.4, -0.2) is 14.7 Å². The Balaban J connectivity index is 2.19. The lowest BCUT2D eigenvalue weighted by Crippen LogP contribution is -2.05. The number of nitrogens with zero attached hydrogens (tertiary/aromatic N) is 3. The molecular formula is C11H13N5O2. The highest BCUT2D eigenvalue weighted by molar-refractivity contribution is 5.74. The highest BCUT2D eigenvalue weighted by atomic mass is 16.6. The number of hydrogen-bond acceptors (Lipinski definition) is 5. The fraction of sp³-hybridized carbons (Fsp3) is 0.182. The molecule has 3 N–H and O–H groups in total. The van der Waals surface area contributed by atoms with Crippen LogP contribution in [0.4, 0.5) is 17.1 Å². The lowest BCUT2D eigenvalue weighted by Gasteiger charge is -2.06. The third kappa shape index (κ3) is 2.40. The van der Waals surface area contributed by atoms with Gasteiger partial charge < -0.3 is 11.1 Å². The number of aromatic nitrogens is 2. The second kappa shape index (κ2) is 4.74. The van der Waals surface area contributed by atoms with Gasteiger partial charge in [-0.2, -0.15) is 5.10 Å². The van der Waals surface area contributed by atoms with Gasteiger partial charge >= 0.3 is 5.69 Å². The lowest BCUT2D eigenvalue weighted by atomic mass is 10.2. The van der Waals surface area contributed by atoms with E-state index in [0.29, 0.717) is 12.2 Å². The van der Waals surface area contributed by atoms with Crippen molar-refractivity contribution in [1.29, 1.82) is 0 Å². The number of nitrogen functional groups attached to an aromatic ring is 1. The van der Waals surface area contributed by atoms with Crippen LogP contribution in [0.3, 0.4) is 0 Å². The molecule has 0 saturated carbocycles. The number of para-hydroxylation sites is 1. The SMILES string of the molecule is Cn1ccc(CNc2cccc(N)c2[N+](=O)[O-])n1. The number of benzene rings is 1. The molecular weight excluding hydrogens is 234 g/mol. The second-order valence-electron chi connectivity index (χ2n) is 3.83. The van der Waals surface area contributed by atoms with Gasteiger partial charge in [0.1, 0.15) is 11.4 Å². The van der Waals surface area contributed by atoms with Crippen LogP contribution in [0.25, 0.3) is 0 Å². The molecule has 2 aromatic rings. The number of nitrogens with two attached hydrogens (primary N) is 1. The van der Waals surface area contributed by atoms with E-state index in [2.05, 4.69) is 10.4 Å². The van der Waals surface area contributed by atoms with E-state index in [1.54, 1.807) is 16.8 Å². The lowest BCUT2D eigenvalue weighted by molar-refractivity contribution is -0.383. The van der Waals surface area contributed by atoms with E-state index in [-0.39, 0.29) is 11.4 Å². The summed E-state index contributed by atoms with van der Waals surface area (Å²) in [6, 6.07) is 6.63. The summed E-state index contributed by atoms with van der Waals surface area (Å²) in [6.07, 6.45) is 1.81. The van der Waals surface area contributed by atoms with Crippen LogP contribution in [0.5, 0.6) is 0 Å². The highest BCUT2D eigenvalue weighted by Crippen LogP contribution is 2.30. The van der Waals surface area contributed by atoms with E-state index in [9.17, 15) is 10.1 Å². The number of anilines is 2. The first-order valence-electron chi connectivity index (χ1n) is 5.33. The van der Waals surface area contributed by atoms with Crippen LogP contribution in [0, 0.1) is 10.1 Å². The van der Waals surface area contributed by atoms with Gasteiger partial charge in [0, 0.05) is 13.2 Å². The zero-order valence-electron chi connectivity index (χ0n) is 9.83. The number of aryl methyl sites for hydroxylation is 1. The van der Waals surface area contributed by atoms with E-state index < -0.39 is 4.92 Å². The molecule has 1 heterocycles. The third-order valence-corrected chi connectivity index (χ3v) is 2.48. The van der Waals surface area contributed by atoms with Crippen LogP contribution < -0.4 is 11.1 Å². The molecule has 0 fully saturated rings. The van der Waals surface area contributed by atoms with Gasteiger partial charge in [-0.1, -0.05) is 6.07 Å². The summed E-state index contributed by atoms with van der Waals surface area (Å²) in [4.78, 5) is 10.4. The second-order valence-corrected chi connectivity index (χ2v) is 3.83. The molecule has 0 aliphatic heterocycles. The van der Waals surface area contributed by atoms with Crippen molar-refractivity contribution in [2.24, 2.45) is 7.05 Å². The molecule has 18 heavy (non-hydrogen) atoms. The molecule has 1 aromatic heterocycles. The standard InChI is InChI=1S/C11H13N5O2/c1-15-6-5-8(14-15)7-13-10-4-2-3-9(12)11(10)16(17)18/h2-6,13H,7,12H2,1H3. The average Bonchev–Trinajstić information content (AvgIpc) is 2.72. The van der Waals surface area contributed by atoms with Crippen molar-refractivity contribution in [2.75, 3.05) is 11.1 Å². The Morgan fingerprint density at radius 2 is 2.28 bits per heavy atom. The molecule has 7 nitrogen and oxygen atoms in total. The smallest absolute Gasteiger partial charge is 0.314 e. The summed E-state index contributed by atoms with van der Waals surface area (Å²) in [7, 11) is 1.81. The monoisotopic (exact) mass is 247 g/mol. The topological polar surface area (TPSA) is 99.0 Å². The van der Waals surface area contributed by atoms with Crippen LogP contribution in [0.1, 0.15) is 5.69 Å². The number of nitro benzene ring substituents is 1. The van der Waals surface area contributed by atoms with Gasteiger partial charge in [0.2, 0.25) is 0 Å². The van der Waals surface area contributed by atoms with Gasteiger partial charge in [0.15, 0.2) is 0 Å². The molecule has 1 aromatic carbocycles. The summed E-state index contributed by atoms with van der Waals surface area (Å²) in [6.45, 7) is 0.408. The quantitative estimate of drug-likeness (QED) is 0.485. The van der Waals surface area contributed by atoms with Crippen LogP contribution in [0.2, 0.25) is 0 Å². The van der Waals surface area contributed by atoms with Crippen molar-refractivity contribution in [2.45, 2.75) is 6.54 Å². The van der Waals surface area contributed by atoms with Gasteiger partial charge in [0.05, 0.1) is 17.2 Å². The van der Waals surface area contributed by atoms with Gasteiger partial charge in [-0.15, -0.1) is 0 Å². The van der Waals surface area contributed by atoms with E-state index >= 15 is 0 Å². The van der Waals surface area contributed by atoms with Gasteiger partial charge in [0.25, 0.3) is 0 Å². The molecule has 0 aliphatic rings. The largest absolute Gasteiger partial charge is 0.393 e. The fourth-order valence-electron chi connectivity index (χ4n) is 1.65. The predicted octanol–water partition coefficient (Wildman–Crippen LogP) is 1.52. The summed E-state index contributed by atoms with van der Waals surface area (Å²) < 4.78 is 1.67. The van der Waals surface area contributed by atoms with E-state index in [4.69, 9.17) is 5.73 Å². The van der Waals surface area contributed by atoms with Crippen molar-refractivity contribution in [3.05, 3.63) is 46.3 Å². The first-order valence-corrected chi connectivity index (χ1v) is 5.33. The minimum Gasteiger partial charge on any atom is -0.393 e. The van der Waals surface area contributed by atoms with E-state index in [1.807, 2.05) is 19.3 Å². The molecule has 0 bridgehead atoms.